The van der Waals surface area contributed by atoms with Crippen molar-refractivity contribution in [3.63, 3.8) is 0 Å². The Morgan fingerprint density at radius 1 is 1.40 bits per heavy atom. The van der Waals surface area contributed by atoms with E-state index in [-0.39, 0.29) is 27.9 Å². The van der Waals surface area contributed by atoms with Crippen molar-refractivity contribution >= 4 is 38.9 Å². The summed E-state index contributed by atoms with van der Waals surface area (Å²) in [6, 6.07) is 5.90. The molecule has 4 N–H and O–H groups in total. The van der Waals surface area contributed by atoms with Crippen LogP contribution < -0.4 is 10.0 Å². The standard InChI is InChI=1S/C18H23FN4O5S2/c1-11(2)23-30(25,26)14-5-3-12(4-6-14)16(22-28-13-7-8-27-10-13)17(24)21-18-20-9-15(19)29-18/h3-6,9,11,13,23,25-26H,7-8,10H2,1-2H3,(H,20,21,24)/b22-16+/t13-/m1/s1. The molecule has 1 atom stereocenters. The van der Waals surface area contributed by atoms with Crippen LogP contribution in [-0.2, 0) is 14.4 Å². The first kappa shape index (κ1) is 22.6. The van der Waals surface area contributed by atoms with Crippen molar-refractivity contribution in [2.75, 3.05) is 18.5 Å². The number of benzene rings is 1. The van der Waals surface area contributed by atoms with E-state index < -0.39 is 21.8 Å². The molecular weight excluding hydrogens is 435 g/mol. The molecule has 0 radical (unpaired) electrons. The highest BCUT2D eigenvalue weighted by Crippen LogP contribution is 2.44. The summed E-state index contributed by atoms with van der Waals surface area (Å²) >= 11 is 0.687. The molecule has 1 saturated heterocycles. The van der Waals surface area contributed by atoms with E-state index in [0.29, 0.717) is 36.5 Å². The summed E-state index contributed by atoms with van der Waals surface area (Å²) in [6.45, 7) is 4.51. The Morgan fingerprint density at radius 3 is 2.70 bits per heavy atom. The first-order valence-corrected chi connectivity index (χ1v) is 11.5. The third-order valence-corrected chi connectivity index (χ3v) is 6.38. The fraction of sp³-hybridized carbons (Fsp3) is 0.389. The second-order valence-electron chi connectivity index (χ2n) is 6.80. The van der Waals surface area contributed by atoms with Crippen LogP contribution in [0.25, 0.3) is 0 Å². The van der Waals surface area contributed by atoms with Gasteiger partial charge in [0, 0.05) is 18.0 Å². The molecule has 0 bridgehead atoms. The summed E-state index contributed by atoms with van der Waals surface area (Å²) in [6.07, 6.45) is 1.38. The van der Waals surface area contributed by atoms with Gasteiger partial charge in [-0.3, -0.25) is 19.2 Å². The van der Waals surface area contributed by atoms with Gasteiger partial charge in [-0.15, -0.1) is 10.8 Å². The van der Waals surface area contributed by atoms with Gasteiger partial charge >= 0.3 is 0 Å². The SMILES string of the molecule is CC(C)NS(O)(O)c1ccc(/C(=N\O[C@@H]2CCOC2)C(=O)Nc2ncc(F)s2)cc1. The number of hydrogen-bond donors (Lipinski definition) is 4. The molecule has 1 aromatic heterocycles. The molecule has 0 aliphatic carbocycles. The van der Waals surface area contributed by atoms with Crippen molar-refractivity contribution in [3.8, 4) is 0 Å². The number of ether oxygens (including phenoxy) is 1. The minimum absolute atomic E-state index is 0.0580. The fourth-order valence-electron chi connectivity index (χ4n) is 2.62. The number of thiazole rings is 1. The van der Waals surface area contributed by atoms with Gasteiger partial charge in [0.1, 0.15) is 0 Å². The number of hydrogen-bond acceptors (Lipinski definition) is 9. The molecule has 0 unspecified atom stereocenters. The van der Waals surface area contributed by atoms with Crippen LogP contribution in [0.2, 0.25) is 0 Å². The van der Waals surface area contributed by atoms with Crippen LogP contribution in [0.4, 0.5) is 9.52 Å². The van der Waals surface area contributed by atoms with E-state index >= 15 is 0 Å². The number of carbonyl (C=O) groups excluding carboxylic acids is 1. The van der Waals surface area contributed by atoms with Crippen LogP contribution in [0.15, 0.2) is 40.5 Å². The zero-order chi connectivity index (χ0) is 21.7. The number of anilines is 1. The minimum Gasteiger partial charge on any atom is -0.389 e. The van der Waals surface area contributed by atoms with Gasteiger partial charge < -0.3 is 9.57 Å². The molecule has 1 amide bonds. The van der Waals surface area contributed by atoms with E-state index in [1.54, 1.807) is 13.8 Å². The first-order valence-electron chi connectivity index (χ1n) is 9.15. The van der Waals surface area contributed by atoms with Crippen LogP contribution >= 0.6 is 22.1 Å². The highest BCUT2D eigenvalue weighted by atomic mass is 32.3. The van der Waals surface area contributed by atoms with Crippen molar-refractivity contribution in [2.24, 2.45) is 5.16 Å². The minimum atomic E-state index is -3.18. The molecule has 0 spiro atoms. The molecular formula is C18H23FN4O5S2. The summed E-state index contributed by atoms with van der Waals surface area (Å²) in [5, 5.41) is 6.03. The van der Waals surface area contributed by atoms with Crippen molar-refractivity contribution < 1.29 is 27.9 Å². The molecule has 3 rings (SSSR count). The molecule has 12 heteroatoms. The molecule has 164 valence electrons. The maximum Gasteiger partial charge on any atom is 0.280 e. The van der Waals surface area contributed by atoms with Crippen LogP contribution in [-0.4, -0.2) is 51.1 Å². The molecule has 2 aromatic rings. The Morgan fingerprint density at radius 2 is 2.13 bits per heavy atom. The number of aromatic nitrogens is 1. The van der Waals surface area contributed by atoms with Gasteiger partial charge in [-0.05, 0) is 26.0 Å². The lowest BCUT2D eigenvalue weighted by molar-refractivity contribution is -0.110. The van der Waals surface area contributed by atoms with Crippen molar-refractivity contribution in [1.29, 1.82) is 0 Å². The summed E-state index contributed by atoms with van der Waals surface area (Å²) in [7, 11) is -3.18. The van der Waals surface area contributed by atoms with Crippen molar-refractivity contribution in [1.82, 2.24) is 9.71 Å². The topological polar surface area (TPSA) is 125 Å². The summed E-state index contributed by atoms with van der Waals surface area (Å²) in [5.41, 5.74) is 0.323. The van der Waals surface area contributed by atoms with Gasteiger partial charge in [0.15, 0.2) is 22.1 Å². The Hall–Kier alpha value is -2.09. The smallest absolute Gasteiger partial charge is 0.280 e. The molecule has 9 nitrogen and oxygen atoms in total. The Balaban J connectivity index is 1.83. The molecule has 1 aromatic carbocycles. The number of nitrogens with zero attached hydrogens (tertiary/aromatic N) is 2. The highest BCUT2D eigenvalue weighted by Gasteiger charge is 2.22. The number of rotatable bonds is 8. The molecule has 0 saturated carbocycles. The zero-order valence-corrected chi connectivity index (χ0v) is 18.0. The van der Waals surface area contributed by atoms with Gasteiger partial charge in [0.05, 0.1) is 24.3 Å². The van der Waals surface area contributed by atoms with Crippen LogP contribution in [0.1, 0.15) is 25.8 Å². The van der Waals surface area contributed by atoms with E-state index in [9.17, 15) is 18.3 Å². The number of carbonyl (C=O) groups is 1. The van der Waals surface area contributed by atoms with E-state index in [1.165, 1.54) is 24.3 Å². The lowest BCUT2D eigenvalue weighted by atomic mass is 10.1. The normalized spacial score (nSPS) is 17.9. The molecule has 1 fully saturated rings. The van der Waals surface area contributed by atoms with Crippen molar-refractivity contribution in [2.45, 2.75) is 37.3 Å². The fourth-order valence-corrected chi connectivity index (χ4v) is 4.46. The predicted octanol–water partition coefficient (Wildman–Crippen LogP) is 3.45. The van der Waals surface area contributed by atoms with Crippen LogP contribution in [0.3, 0.4) is 0 Å². The first-order chi connectivity index (χ1) is 14.2. The van der Waals surface area contributed by atoms with Gasteiger partial charge in [0.25, 0.3) is 5.91 Å². The summed E-state index contributed by atoms with van der Waals surface area (Å²) < 4.78 is 41.7. The van der Waals surface area contributed by atoms with Crippen LogP contribution in [0, 0.1) is 5.13 Å². The second-order valence-corrected chi connectivity index (χ2v) is 9.59. The highest BCUT2D eigenvalue weighted by molar-refractivity contribution is 8.22. The predicted molar refractivity (Wildman–Crippen MR) is 113 cm³/mol. The van der Waals surface area contributed by atoms with E-state index in [1.807, 2.05) is 0 Å². The van der Waals surface area contributed by atoms with Gasteiger partial charge in [-0.25, -0.2) is 9.71 Å². The Labute approximate surface area is 178 Å². The number of oxime groups is 1. The second kappa shape index (κ2) is 9.81. The maximum absolute atomic E-state index is 13.2. The zero-order valence-electron chi connectivity index (χ0n) is 16.4. The van der Waals surface area contributed by atoms with Gasteiger partial charge in [-0.1, -0.05) is 28.6 Å². The lowest BCUT2D eigenvalue weighted by Gasteiger charge is -2.34. The number of halogens is 1. The maximum atomic E-state index is 13.2. The number of nitrogens with one attached hydrogen (secondary N) is 2. The third kappa shape index (κ3) is 5.97. The van der Waals surface area contributed by atoms with Gasteiger partial charge in [-0.2, -0.15) is 4.39 Å². The average Bonchev–Trinajstić information content (AvgIpc) is 3.33. The largest absolute Gasteiger partial charge is 0.389 e. The van der Waals surface area contributed by atoms with Crippen LogP contribution in [0.5, 0.6) is 0 Å². The average molecular weight is 459 g/mol. The van der Waals surface area contributed by atoms with E-state index in [4.69, 9.17) is 9.57 Å². The Kier molecular flexibility index (Phi) is 7.39. The molecule has 1 aliphatic rings. The van der Waals surface area contributed by atoms with E-state index in [2.05, 4.69) is 20.2 Å². The summed E-state index contributed by atoms with van der Waals surface area (Å²) in [4.78, 5) is 22.2. The molecule has 30 heavy (non-hydrogen) atoms. The summed E-state index contributed by atoms with van der Waals surface area (Å²) in [5.74, 6) is -0.636. The quantitative estimate of drug-likeness (QED) is 0.353. The van der Waals surface area contributed by atoms with Crippen molar-refractivity contribution in [3.05, 3.63) is 41.2 Å². The Bertz CT molecular complexity index is 898. The lowest BCUT2D eigenvalue weighted by Crippen LogP contribution is -2.27. The number of amides is 1. The monoisotopic (exact) mass is 458 g/mol. The molecule has 2 heterocycles. The molecule has 1 aliphatic heterocycles. The van der Waals surface area contributed by atoms with E-state index in [0.717, 1.165) is 6.20 Å². The third-order valence-electron chi connectivity index (χ3n) is 3.95. The van der Waals surface area contributed by atoms with Gasteiger partial charge in [0.2, 0.25) is 0 Å².